The molecule has 2 atom stereocenters. The van der Waals surface area contributed by atoms with E-state index in [1.54, 1.807) is 4.90 Å². The summed E-state index contributed by atoms with van der Waals surface area (Å²) in [6.07, 6.45) is 0.574. The van der Waals surface area contributed by atoms with Crippen LogP contribution in [0.2, 0.25) is 0 Å². The highest BCUT2D eigenvalue weighted by atomic mass is 35.5. The predicted molar refractivity (Wildman–Crippen MR) is 99.8 cm³/mol. The van der Waals surface area contributed by atoms with Gasteiger partial charge < -0.3 is 15.5 Å². The lowest BCUT2D eigenvalue weighted by atomic mass is 10.0. The molecule has 2 rings (SSSR count). The molecule has 1 fully saturated rings. The number of likely N-dealkylation sites (N-methyl/N-ethyl adjacent to an activating group) is 1. The van der Waals surface area contributed by atoms with Gasteiger partial charge in [0.1, 0.15) is 5.92 Å². The lowest BCUT2D eigenvalue weighted by Gasteiger charge is -2.18. The summed E-state index contributed by atoms with van der Waals surface area (Å²) < 4.78 is 0. The van der Waals surface area contributed by atoms with Crippen molar-refractivity contribution in [2.24, 2.45) is 5.92 Å². The number of nitrogens with one attached hydrogen (secondary N) is 2. The molecule has 0 aliphatic carbocycles. The van der Waals surface area contributed by atoms with Crippen molar-refractivity contribution in [1.82, 2.24) is 10.6 Å². The first-order valence-corrected chi connectivity index (χ1v) is 8.30. The van der Waals surface area contributed by atoms with Crippen molar-refractivity contribution in [2.45, 2.75) is 39.2 Å². The molecule has 0 aromatic heterocycles. The first kappa shape index (κ1) is 20.5. The number of hydrogen-bond donors (Lipinski definition) is 2. The zero-order chi connectivity index (χ0) is 17.0. The molecule has 1 heterocycles. The van der Waals surface area contributed by atoms with Crippen LogP contribution in [0.1, 0.15) is 38.7 Å². The molecule has 2 amide bonds. The highest BCUT2D eigenvalue weighted by molar-refractivity contribution is 6.09. The second-order valence-electron chi connectivity index (χ2n) is 6.51. The number of nitrogens with zero attached hydrogens (tertiary/aromatic N) is 1. The van der Waals surface area contributed by atoms with E-state index in [4.69, 9.17) is 0 Å². The van der Waals surface area contributed by atoms with E-state index in [-0.39, 0.29) is 30.3 Å². The van der Waals surface area contributed by atoms with Crippen molar-refractivity contribution < 1.29 is 9.59 Å². The Balaban J connectivity index is 0.00000288. The standard InChI is InChI=1S/C18H27N3O2.ClH/c1-12(2)14-5-7-15(8-6-14)21-10-9-16(18(21)23)17(22)20-11-13(3)19-4;/h5-8,12-13,16,19H,9-11H2,1-4H3,(H,20,22);1H. The van der Waals surface area contributed by atoms with Crippen molar-refractivity contribution in [3.8, 4) is 0 Å². The van der Waals surface area contributed by atoms with Gasteiger partial charge in [-0.05, 0) is 44.0 Å². The molecule has 1 aliphatic rings. The van der Waals surface area contributed by atoms with Gasteiger partial charge in [0.15, 0.2) is 0 Å². The number of rotatable bonds is 6. The van der Waals surface area contributed by atoms with Gasteiger partial charge in [-0.1, -0.05) is 26.0 Å². The van der Waals surface area contributed by atoms with Gasteiger partial charge in [0.05, 0.1) is 0 Å². The van der Waals surface area contributed by atoms with Crippen LogP contribution in [0.3, 0.4) is 0 Å². The first-order chi connectivity index (χ1) is 10.9. The summed E-state index contributed by atoms with van der Waals surface area (Å²) in [7, 11) is 1.85. The summed E-state index contributed by atoms with van der Waals surface area (Å²) in [5.74, 6) is -0.370. The average molecular weight is 354 g/mol. The molecule has 6 heteroatoms. The van der Waals surface area contributed by atoms with Crippen LogP contribution >= 0.6 is 12.4 Å². The van der Waals surface area contributed by atoms with Gasteiger partial charge in [0.25, 0.3) is 0 Å². The van der Waals surface area contributed by atoms with Gasteiger partial charge in [-0.2, -0.15) is 0 Å². The van der Waals surface area contributed by atoms with E-state index in [2.05, 4.69) is 36.6 Å². The Morgan fingerprint density at radius 2 is 1.88 bits per heavy atom. The zero-order valence-corrected chi connectivity index (χ0v) is 15.7. The van der Waals surface area contributed by atoms with E-state index in [0.29, 0.717) is 25.4 Å². The number of carbonyl (C=O) groups is 2. The smallest absolute Gasteiger partial charge is 0.239 e. The second kappa shape index (κ2) is 9.04. The number of hydrogen-bond acceptors (Lipinski definition) is 3. The van der Waals surface area contributed by atoms with Crippen molar-refractivity contribution >= 4 is 29.9 Å². The summed E-state index contributed by atoms with van der Waals surface area (Å²) in [6, 6.07) is 8.23. The Morgan fingerprint density at radius 1 is 1.25 bits per heavy atom. The molecule has 0 spiro atoms. The van der Waals surface area contributed by atoms with Crippen molar-refractivity contribution in [3.63, 3.8) is 0 Å². The molecule has 0 saturated carbocycles. The lowest BCUT2D eigenvalue weighted by Crippen LogP contribution is -2.42. The van der Waals surface area contributed by atoms with Gasteiger partial charge in [-0.3, -0.25) is 9.59 Å². The number of carbonyl (C=O) groups excluding carboxylic acids is 2. The van der Waals surface area contributed by atoms with Gasteiger partial charge in [-0.15, -0.1) is 12.4 Å². The van der Waals surface area contributed by atoms with Crippen LogP contribution in [0.25, 0.3) is 0 Å². The topological polar surface area (TPSA) is 61.4 Å². The fraction of sp³-hybridized carbons (Fsp3) is 0.556. The maximum atomic E-state index is 12.5. The Labute approximate surface area is 150 Å². The van der Waals surface area contributed by atoms with Crippen molar-refractivity contribution in [1.29, 1.82) is 0 Å². The molecule has 1 aliphatic heterocycles. The third-order valence-electron chi connectivity index (χ3n) is 4.47. The number of halogens is 1. The molecule has 24 heavy (non-hydrogen) atoms. The quantitative estimate of drug-likeness (QED) is 0.771. The van der Waals surface area contributed by atoms with Crippen LogP contribution in [0.15, 0.2) is 24.3 Å². The molecular weight excluding hydrogens is 326 g/mol. The van der Waals surface area contributed by atoms with Gasteiger partial charge in [0, 0.05) is 24.8 Å². The van der Waals surface area contributed by atoms with Gasteiger partial charge in [0.2, 0.25) is 11.8 Å². The third-order valence-corrected chi connectivity index (χ3v) is 4.47. The maximum Gasteiger partial charge on any atom is 0.239 e. The molecule has 0 bridgehead atoms. The van der Waals surface area contributed by atoms with Crippen LogP contribution in [-0.2, 0) is 9.59 Å². The largest absolute Gasteiger partial charge is 0.354 e. The van der Waals surface area contributed by atoms with Gasteiger partial charge >= 0.3 is 0 Å². The zero-order valence-electron chi connectivity index (χ0n) is 14.8. The molecule has 5 nitrogen and oxygen atoms in total. The minimum Gasteiger partial charge on any atom is -0.354 e. The molecule has 2 N–H and O–H groups in total. The van der Waals surface area contributed by atoms with E-state index < -0.39 is 5.92 Å². The van der Waals surface area contributed by atoms with E-state index in [0.717, 1.165) is 5.69 Å². The predicted octanol–water partition coefficient (Wildman–Crippen LogP) is 2.31. The molecule has 1 saturated heterocycles. The highest BCUT2D eigenvalue weighted by Gasteiger charge is 2.37. The SMILES string of the molecule is CNC(C)CNC(=O)C1CCN(c2ccc(C(C)C)cc2)C1=O.Cl. The molecule has 2 unspecified atom stereocenters. The molecule has 1 aromatic rings. The summed E-state index contributed by atoms with van der Waals surface area (Å²) in [6.45, 7) is 7.39. The van der Waals surface area contributed by atoms with E-state index in [9.17, 15) is 9.59 Å². The van der Waals surface area contributed by atoms with E-state index in [1.807, 2.05) is 26.1 Å². The minimum absolute atomic E-state index is 0. The molecule has 0 radical (unpaired) electrons. The lowest BCUT2D eigenvalue weighted by molar-refractivity contribution is -0.132. The molecular formula is C18H28ClN3O2. The second-order valence-corrected chi connectivity index (χ2v) is 6.51. The summed E-state index contributed by atoms with van der Waals surface area (Å²) in [5, 5.41) is 5.91. The normalized spacial score (nSPS) is 18.5. The summed E-state index contributed by atoms with van der Waals surface area (Å²) in [4.78, 5) is 26.5. The van der Waals surface area contributed by atoms with Crippen LogP contribution in [-0.4, -0.2) is 38.0 Å². The monoisotopic (exact) mass is 353 g/mol. The number of anilines is 1. The Bertz CT molecular complexity index is 560. The number of benzene rings is 1. The van der Waals surface area contributed by atoms with Crippen LogP contribution in [0, 0.1) is 5.92 Å². The third kappa shape index (κ3) is 4.71. The Hall–Kier alpha value is -1.59. The molecule has 1 aromatic carbocycles. The minimum atomic E-state index is -0.566. The highest BCUT2D eigenvalue weighted by Crippen LogP contribution is 2.27. The van der Waals surface area contributed by atoms with E-state index >= 15 is 0 Å². The average Bonchev–Trinajstić information content (AvgIpc) is 2.94. The van der Waals surface area contributed by atoms with Crippen LogP contribution in [0.5, 0.6) is 0 Å². The molecule has 134 valence electrons. The fourth-order valence-corrected chi connectivity index (χ4v) is 2.70. The first-order valence-electron chi connectivity index (χ1n) is 8.30. The van der Waals surface area contributed by atoms with Crippen LogP contribution in [0.4, 0.5) is 5.69 Å². The number of amides is 2. The maximum absolute atomic E-state index is 12.5. The summed E-state index contributed by atoms with van der Waals surface area (Å²) >= 11 is 0. The summed E-state index contributed by atoms with van der Waals surface area (Å²) in [5.41, 5.74) is 2.12. The van der Waals surface area contributed by atoms with Crippen molar-refractivity contribution in [2.75, 3.05) is 25.0 Å². The van der Waals surface area contributed by atoms with Crippen molar-refractivity contribution in [3.05, 3.63) is 29.8 Å². The Morgan fingerprint density at radius 3 is 2.42 bits per heavy atom. The fourth-order valence-electron chi connectivity index (χ4n) is 2.70. The Kier molecular flexibility index (Phi) is 7.70. The van der Waals surface area contributed by atoms with Gasteiger partial charge in [-0.25, -0.2) is 0 Å². The van der Waals surface area contributed by atoms with Crippen LogP contribution < -0.4 is 15.5 Å². The van der Waals surface area contributed by atoms with E-state index in [1.165, 1.54) is 5.56 Å².